The van der Waals surface area contributed by atoms with Crippen molar-refractivity contribution < 1.29 is 13.2 Å². The molecule has 1 aliphatic rings. The molecule has 1 fully saturated rings. The number of hydrogen-bond donors (Lipinski definition) is 2. The summed E-state index contributed by atoms with van der Waals surface area (Å²) in [6, 6.07) is 0.109. The van der Waals surface area contributed by atoms with Crippen LogP contribution in [-0.4, -0.2) is 56.6 Å². The van der Waals surface area contributed by atoms with Crippen molar-refractivity contribution in [2.24, 2.45) is 0 Å². The third-order valence-electron chi connectivity index (χ3n) is 3.45. The maximum Gasteiger partial charge on any atom is 0.221 e. The first kappa shape index (κ1) is 17.4. The monoisotopic (exact) mass is 305 g/mol. The van der Waals surface area contributed by atoms with Gasteiger partial charge >= 0.3 is 0 Å². The molecule has 0 aromatic rings. The third-order valence-corrected chi connectivity index (χ3v) is 5.53. The van der Waals surface area contributed by atoms with Crippen LogP contribution in [0, 0.1) is 0 Å². The molecule has 0 atom stereocenters. The van der Waals surface area contributed by atoms with E-state index in [1.807, 2.05) is 13.8 Å². The van der Waals surface area contributed by atoms with E-state index in [4.69, 9.17) is 0 Å². The Labute approximate surface area is 122 Å². The van der Waals surface area contributed by atoms with Gasteiger partial charge in [-0.1, -0.05) is 13.8 Å². The molecule has 1 saturated heterocycles. The van der Waals surface area contributed by atoms with Crippen molar-refractivity contribution in [1.82, 2.24) is 14.9 Å². The highest BCUT2D eigenvalue weighted by atomic mass is 32.2. The van der Waals surface area contributed by atoms with E-state index < -0.39 is 10.0 Å². The molecular formula is C13H27N3O3S. The van der Waals surface area contributed by atoms with Gasteiger partial charge in [0.25, 0.3) is 0 Å². The number of hydrogen-bond acceptors (Lipinski definition) is 4. The molecule has 118 valence electrons. The van der Waals surface area contributed by atoms with Gasteiger partial charge in [0, 0.05) is 32.1 Å². The number of sulfonamides is 1. The molecule has 0 aliphatic carbocycles. The molecule has 2 N–H and O–H groups in total. The molecular weight excluding hydrogens is 278 g/mol. The Hall–Kier alpha value is -0.660. The minimum absolute atomic E-state index is 0.0424. The number of nitrogens with zero attached hydrogens (tertiary/aromatic N) is 1. The lowest BCUT2D eigenvalue weighted by atomic mass is 10.1. The Kier molecular flexibility index (Phi) is 7.47. The maximum atomic E-state index is 11.9. The van der Waals surface area contributed by atoms with Crippen LogP contribution in [0.4, 0.5) is 0 Å². The molecule has 20 heavy (non-hydrogen) atoms. The second kappa shape index (κ2) is 8.59. The number of nitrogens with one attached hydrogen (secondary N) is 2. The van der Waals surface area contributed by atoms with Crippen LogP contribution in [0.5, 0.6) is 0 Å². The van der Waals surface area contributed by atoms with Crippen molar-refractivity contribution in [3.05, 3.63) is 0 Å². The zero-order valence-electron chi connectivity index (χ0n) is 12.5. The number of rotatable bonds is 8. The van der Waals surface area contributed by atoms with Crippen LogP contribution in [0.2, 0.25) is 0 Å². The second-order valence-electron chi connectivity index (χ2n) is 5.16. The van der Waals surface area contributed by atoms with Gasteiger partial charge in [0.1, 0.15) is 0 Å². The largest absolute Gasteiger partial charge is 0.353 e. The van der Waals surface area contributed by atoms with E-state index in [-0.39, 0.29) is 17.7 Å². The number of carbonyl (C=O) groups is 1. The van der Waals surface area contributed by atoms with Crippen molar-refractivity contribution in [3.8, 4) is 0 Å². The third kappa shape index (κ3) is 5.76. The molecule has 0 aromatic heterocycles. The summed E-state index contributed by atoms with van der Waals surface area (Å²) < 4.78 is 25.4. The molecule has 1 amide bonds. The highest BCUT2D eigenvalue weighted by Crippen LogP contribution is 2.15. The van der Waals surface area contributed by atoms with Crippen molar-refractivity contribution in [1.29, 1.82) is 0 Å². The Balaban J connectivity index is 2.30. The predicted octanol–water partition coefficient (Wildman–Crippen LogP) is 0.306. The Morgan fingerprint density at radius 3 is 2.45 bits per heavy atom. The molecule has 6 nitrogen and oxygen atoms in total. The Morgan fingerprint density at radius 1 is 1.25 bits per heavy atom. The number of piperidine rings is 1. The highest BCUT2D eigenvalue weighted by Gasteiger charge is 2.27. The molecule has 1 rings (SSSR count). The zero-order chi connectivity index (χ0) is 15.0. The molecule has 7 heteroatoms. The average molecular weight is 305 g/mol. The first-order valence-corrected chi connectivity index (χ1v) is 9.08. The summed E-state index contributed by atoms with van der Waals surface area (Å²) in [7, 11) is -3.09. The summed E-state index contributed by atoms with van der Waals surface area (Å²) in [6.45, 7) is 6.45. The van der Waals surface area contributed by atoms with Crippen molar-refractivity contribution in [3.63, 3.8) is 0 Å². The predicted molar refractivity (Wildman–Crippen MR) is 80.0 cm³/mol. The summed E-state index contributed by atoms with van der Waals surface area (Å²) >= 11 is 0. The molecule has 0 radical (unpaired) electrons. The summed E-state index contributed by atoms with van der Waals surface area (Å²) in [5.41, 5.74) is 0. The Morgan fingerprint density at radius 2 is 1.90 bits per heavy atom. The molecule has 0 aromatic carbocycles. The quantitative estimate of drug-likeness (QED) is 0.633. The second-order valence-corrected chi connectivity index (χ2v) is 7.25. The lowest BCUT2D eigenvalue weighted by molar-refractivity contribution is -0.121. The van der Waals surface area contributed by atoms with E-state index in [1.54, 1.807) is 4.31 Å². The summed E-state index contributed by atoms with van der Waals surface area (Å²) in [5.74, 6) is 0.257. The maximum absolute atomic E-state index is 11.9. The molecule has 0 bridgehead atoms. The highest BCUT2D eigenvalue weighted by molar-refractivity contribution is 7.89. The minimum Gasteiger partial charge on any atom is -0.353 e. The average Bonchev–Trinajstić information content (AvgIpc) is 2.39. The molecule has 0 unspecified atom stereocenters. The van der Waals surface area contributed by atoms with Gasteiger partial charge in [0.05, 0.1) is 5.75 Å². The standard InChI is InChI=1S/C13H27N3O3S/c1-3-11-20(18,19)16-9-6-12(7-10-16)15-13(17)5-8-14-4-2/h12,14H,3-11H2,1-2H3,(H,15,17). The topological polar surface area (TPSA) is 78.5 Å². The SMILES string of the molecule is CCCS(=O)(=O)N1CCC(NC(=O)CCNCC)CC1. The summed E-state index contributed by atoms with van der Waals surface area (Å²) in [5, 5.41) is 6.09. The van der Waals surface area contributed by atoms with Gasteiger partial charge in [-0.25, -0.2) is 12.7 Å². The van der Waals surface area contributed by atoms with E-state index >= 15 is 0 Å². The van der Waals surface area contributed by atoms with Gasteiger partial charge in [-0.3, -0.25) is 4.79 Å². The van der Waals surface area contributed by atoms with E-state index in [2.05, 4.69) is 10.6 Å². The van der Waals surface area contributed by atoms with E-state index in [9.17, 15) is 13.2 Å². The lowest BCUT2D eigenvalue weighted by Gasteiger charge is -2.31. The van der Waals surface area contributed by atoms with Crippen LogP contribution in [0.15, 0.2) is 0 Å². The number of carbonyl (C=O) groups excluding carboxylic acids is 1. The number of amides is 1. The zero-order valence-corrected chi connectivity index (χ0v) is 13.3. The van der Waals surface area contributed by atoms with Crippen molar-refractivity contribution in [2.75, 3.05) is 31.9 Å². The Bertz CT molecular complexity index is 390. The van der Waals surface area contributed by atoms with E-state index in [1.165, 1.54) is 0 Å². The fraction of sp³-hybridized carbons (Fsp3) is 0.923. The molecule has 0 spiro atoms. The molecule has 1 heterocycles. The summed E-state index contributed by atoms with van der Waals surface area (Å²) in [4.78, 5) is 11.7. The van der Waals surface area contributed by atoms with Crippen molar-refractivity contribution in [2.45, 2.75) is 45.6 Å². The van der Waals surface area contributed by atoms with Gasteiger partial charge in [-0.2, -0.15) is 0 Å². The van der Waals surface area contributed by atoms with Gasteiger partial charge in [0.2, 0.25) is 15.9 Å². The van der Waals surface area contributed by atoms with Crippen LogP contribution in [0.3, 0.4) is 0 Å². The van der Waals surface area contributed by atoms with Crippen molar-refractivity contribution >= 4 is 15.9 Å². The van der Waals surface area contributed by atoms with Gasteiger partial charge in [-0.15, -0.1) is 0 Å². The van der Waals surface area contributed by atoms with Crippen LogP contribution in [0.1, 0.15) is 39.5 Å². The van der Waals surface area contributed by atoms with E-state index in [0.717, 1.165) is 6.54 Å². The van der Waals surface area contributed by atoms with Crippen LogP contribution < -0.4 is 10.6 Å². The lowest BCUT2D eigenvalue weighted by Crippen LogP contribution is -2.47. The van der Waals surface area contributed by atoms with E-state index in [0.29, 0.717) is 45.3 Å². The molecule has 0 saturated carbocycles. The minimum atomic E-state index is -3.09. The van der Waals surface area contributed by atoms with Gasteiger partial charge in [-0.05, 0) is 25.8 Å². The van der Waals surface area contributed by atoms with Crippen LogP contribution in [0.25, 0.3) is 0 Å². The van der Waals surface area contributed by atoms with Crippen LogP contribution >= 0.6 is 0 Å². The first-order valence-electron chi connectivity index (χ1n) is 7.47. The first-order chi connectivity index (χ1) is 9.49. The van der Waals surface area contributed by atoms with Crippen LogP contribution in [-0.2, 0) is 14.8 Å². The van der Waals surface area contributed by atoms with Gasteiger partial charge < -0.3 is 10.6 Å². The summed E-state index contributed by atoms with van der Waals surface area (Å²) in [6.07, 6.45) is 2.53. The fourth-order valence-corrected chi connectivity index (χ4v) is 3.89. The molecule has 1 aliphatic heterocycles. The smallest absolute Gasteiger partial charge is 0.221 e. The fourth-order valence-electron chi connectivity index (χ4n) is 2.34. The van der Waals surface area contributed by atoms with Gasteiger partial charge in [0.15, 0.2) is 0 Å². The normalized spacial score (nSPS) is 18.1.